The van der Waals surface area contributed by atoms with Crippen molar-refractivity contribution in [1.29, 1.82) is 0 Å². The molecule has 2 aromatic heterocycles. The number of ether oxygens (including phenoxy) is 1. The van der Waals surface area contributed by atoms with Crippen LogP contribution in [0, 0.1) is 27.7 Å². The number of hydrogen-bond donors (Lipinski definition) is 1. The highest BCUT2D eigenvalue weighted by atomic mass is 32.1. The number of anilines is 1. The van der Waals surface area contributed by atoms with Gasteiger partial charge in [-0.05, 0) is 99.1 Å². The topological polar surface area (TPSA) is 59.4 Å². The lowest BCUT2D eigenvalue weighted by atomic mass is 9.96. The first-order valence-electron chi connectivity index (χ1n) is 12.3. The standard InChI is InChI=1S/C30H30N4O2S/c1-18-14-19(2)16-22(15-18)34-28(27(32-30(34)37)25-11-8-9-13-31-25)24-17-20(3)33(21(24)4)26-12-7-6-10-23(26)29(35)36-5/h6-17,27-28H,1-5H3,(H,32,37)/t27-,28+/m1/s1. The van der Waals surface area contributed by atoms with E-state index >= 15 is 0 Å². The maximum atomic E-state index is 12.6. The van der Waals surface area contributed by atoms with Gasteiger partial charge in [0.1, 0.15) is 0 Å². The van der Waals surface area contributed by atoms with Crippen LogP contribution in [-0.4, -0.2) is 27.7 Å². The number of nitrogens with one attached hydrogen (secondary N) is 1. The molecular formula is C30H30N4O2S. The van der Waals surface area contributed by atoms with Crippen LogP contribution in [0.5, 0.6) is 0 Å². The number of pyridine rings is 1. The molecule has 1 aliphatic heterocycles. The molecule has 7 heteroatoms. The van der Waals surface area contributed by atoms with Crippen molar-refractivity contribution in [3.63, 3.8) is 0 Å². The van der Waals surface area contributed by atoms with Crippen molar-refractivity contribution < 1.29 is 9.53 Å². The van der Waals surface area contributed by atoms with Gasteiger partial charge in [0.15, 0.2) is 5.11 Å². The molecule has 188 valence electrons. The smallest absolute Gasteiger partial charge is 0.339 e. The van der Waals surface area contributed by atoms with Gasteiger partial charge in [0.2, 0.25) is 0 Å². The number of nitrogens with zero attached hydrogens (tertiary/aromatic N) is 3. The molecule has 1 saturated heterocycles. The molecule has 2 atom stereocenters. The molecule has 5 rings (SSSR count). The fourth-order valence-electron chi connectivity index (χ4n) is 5.45. The monoisotopic (exact) mass is 510 g/mol. The van der Waals surface area contributed by atoms with E-state index in [0.717, 1.165) is 34.0 Å². The molecule has 0 radical (unpaired) electrons. The lowest BCUT2D eigenvalue weighted by Gasteiger charge is -2.29. The Hall–Kier alpha value is -3.97. The summed E-state index contributed by atoms with van der Waals surface area (Å²) < 4.78 is 7.20. The van der Waals surface area contributed by atoms with Crippen molar-refractivity contribution >= 4 is 29.0 Å². The molecule has 4 aromatic rings. The van der Waals surface area contributed by atoms with Crippen molar-refractivity contribution in [3.05, 3.63) is 112 Å². The highest BCUT2D eigenvalue weighted by Crippen LogP contribution is 2.44. The van der Waals surface area contributed by atoms with Gasteiger partial charge in [-0.3, -0.25) is 4.98 Å². The number of rotatable bonds is 5. The van der Waals surface area contributed by atoms with Crippen LogP contribution in [0.3, 0.4) is 0 Å². The minimum atomic E-state index is -0.364. The second-order valence-electron chi connectivity index (χ2n) is 9.51. The van der Waals surface area contributed by atoms with Gasteiger partial charge in [-0.25, -0.2) is 4.79 Å². The number of hydrogen-bond acceptors (Lipinski definition) is 4. The van der Waals surface area contributed by atoms with Gasteiger partial charge in [-0.15, -0.1) is 0 Å². The summed E-state index contributed by atoms with van der Waals surface area (Å²) in [5, 5.41) is 4.21. The summed E-state index contributed by atoms with van der Waals surface area (Å²) in [5.41, 5.74) is 8.77. The zero-order valence-electron chi connectivity index (χ0n) is 21.6. The summed E-state index contributed by atoms with van der Waals surface area (Å²) in [4.78, 5) is 19.5. The summed E-state index contributed by atoms with van der Waals surface area (Å²) in [6, 6.07) is 21.9. The second kappa shape index (κ2) is 9.82. The van der Waals surface area contributed by atoms with Crippen LogP contribution in [-0.2, 0) is 4.74 Å². The van der Waals surface area contributed by atoms with E-state index in [1.807, 2.05) is 42.6 Å². The Morgan fingerprint density at radius 1 is 0.973 bits per heavy atom. The number of para-hydroxylation sites is 1. The molecule has 3 heterocycles. The summed E-state index contributed by atoms with van der Waals surface area (Å²) in [6.45, 7) is 8.35. The molecule has 0 amide bonds. The van der Waals surface area contributed by atoms with Crippen LogP contribution in [0.2, 0.25) is 0 Å². The van der Waals surface area contributed by atoms with Crippen molar-refractivity contribution in [1.82, 2.24) is 14.9 Å². The fourth-order valence-corrected chi connectivity index (χ4v) is 5.79. The quantitative estimate of drug-likeness (QED) is 0.260. The maximum Gasteiger partial charge on any atom is 0.339 e. The van der Waals surface area contributed by atoms with E-state index < -0.39 is 0 Å². The van der Waals surface area contributed by atoms with E-state index in [1.165, 1.54) is 18.2 Å². The summed E-state index contributed by atoms with van der Waals surface area (Å²) >= 11 is 5.93. The van der Waals surface area contributed by atoms with Crippen LogP contribution in [0.15, 0.2) is 72.9 Å². The Kier molecular flexibility index (Phi) is 6.56. The highest BCUT2D eigenvalue weighted by molar-refractivity contribution is 7.80. The van der Waals surface area contributed by atoms with E-state index in [9.17, 15) is 4.79 Å². The number of thiocarbonyl (C=S) groups is 1. The normalized spacial score (nSPS) is 17.1. The number of benzene rings is 2. The molecule has 0 bridgehead atoms. The first kappa shape index (κ1) is 24.7. The van der Waals surface area contributed by atoms with Crippen LogP contribution >= 0.6 is 12.2 Å². The van der Waals surface area contributed by atoms with Crippen LogP contribution in [0.25, 0.3) is 5.69 Å². The molecule has 6 nitrogen and oxygen atoms in total. The molecule has 1 N–H and O–H groups in total. The Labute approximate surface area is 222 Å². The van der Waals surface area contributed by atoms with Gasteiger partial charge in [0.25, 0.3) is 0 Å². The van der Waals surface area contributed by atoms with Crippen LogP contribution in [0.1, 0.15) is 56.2 Å². The fraction of sp³-hybridized carbons (Fsp3) is 0.233. The lowest BCUT2D eigenvalue weighted by molar-refractivity contribution is 0.0600. The summed E-state index contributed by atoms with van der Waals surface area (Å²) in [6.07, 6.45) is 1.81. The third-order valence-corrected chi connectivity index (χ3v) is 7.24. The highest BCUT2D eigenvalue weighted by Gasteiger charge is 2.42. The van der Waals surface area contributed by atoms with Crippen LogP contribution < -0.4 is 10.2 Å². The SMILES string of the molecule is COC(=O)c1ccccc1-n1c(C)cc([C@H]2[C@@H](c3ccccn3)NC(=S)N2c2cc(C)cc(C)c2)c1C. The van der Waals surface area contributed by atoms with E-state index in [1.54, 1.807) is 6.07 Å². The van der Waals surface area contributed by atoms with Gasteiger partial charge in [-0.1, -0.05) is 24.3 Å². The first-order valence-corrected chi connectivity index (χ1v) is 12.7. The number of aromatic nitrogens is 2. The van der Waals surface area contributed by atoms with Gasteiger partial charge < -0.3 is 19.5 Å². The van der Waals surface area contributed by atoms with E-state index in [0.29, 0.717) is 10.7 Å². The number of aryl methyl sites for hydroxylation is 3. The molecule has 1 fully saturated rings. The van der Waals surface area contributed by atoms with Crippen molar-refractivity contribution in [2.75, 3.05) is 12.0 Å². The Morgan fingerprint density at radius 3 is 2.35 bits per heavy atom. The predicted molar refractivity (Wildman–Crippen MR) is 150 cm³/mol. The van der Waals surface area contributed by atoms with Gasteiger partial charge in [0, 0.05) is 23.3 Å². The largest absolute Gasteiger partial charge is 0.465 e. The number of esters is 1. The summed E-state index contributed by atoms with van der Waals surface area (Å²) in [7, 11) is 1.41. The zero-order chi connectivity index (χ0) is 26.3. The Bertz CT molecular complexity index is 1470. The van der Waals surface area contributed by atoms with Crippen molar-refractivity contribution in [2.45, 2.75) is 39.8 Å². The Balaban J connectivity index is 1.71. The molecule has 0 spiro atoms. The number of carbonyl (C=O) groups is 1. The molecule has 0 aliphatic carbocycles. The summed E-state index contributed by atoms with van der Waals surface area (Å²) in [5.74, 6) is -0.364. The van der Waals surface area contributed by atoms with Crippen LogP contribution in [0.4, 0.5) is 5.69 Å². The molecule has 37 heavy (non-hydrogen) atoms. The predicted octanol–water partition coefficient (Wildman–Crippen LogP) is 6.07. The molecule has 0 saturated carbocycles. The molecule has 1 aliphatic rings. The molecule has 0 unspecified atom stereocenters. The minimum absolute atomic E-state index is 0.145. The van der Waals surface area contributed by atoms with Crippen molar-refractivity contribution in [2.24, 2.45) is 0 Å². The van der Waals surface area contributed by atoms with Gasteiger partial charge in [0.05, 0.1) is 36.1 Å². The maximum absolute atomic E-state index is 12.6. The average molecular weight is 511 g/mol. The minimum Gasteiger partial charge on any atom is -0.465 e. The molecular weight excluding hydrogens is 480 g/mol. The van der Waals surface area contributed by atoms with E-state index in [4.69, 9.17) is 17.0 Å². The third kappa shape index (κ3) is 4.40. The van der Waals surface area contributed by atoms with Gasteiger partial charge in [-0.2, -0.15) is 0 Å². The van der Waals surface area contributed by atoms with Gasteiger partial charge >= 0.3 is 5.97 Å². The molecule has 2 aromatic carbocycles. The van der Waals surface area contributed by atoms with E-state index in [-0.39, 0.29) is 18.1 Å². The third-order valence-electron chi connectivity index (χ3n) is 6.92. The number of carbonyl (C=O) groups excluding carboxylic acids is 1. The second-order valence-corrected chi connectivity index (χ2v) is 9.90. The van der Waals surface area contributed by atoms with E-state index in [2.05, 4.69) is 71.7 Å². The Morgan fingerprint density at radius 2 is 1.68 bits per heavy atom. The zero-order valence-corrected chi connectivity index (χ0v) is 22.5. The first-order chi connectivity index (χ1) is 17.8. The van der Waals surface area contributed by atoms with Crippen molar-refractivity contribution in [3.8, 4) is 5.69 Å². The lowest BCUT2D eigenvalue weighted by Crippen LogP contribution is -2.29. The number of methoxy groups -OCH3 is 1. The average Bonchev–Trinajstić information content (AvgIpc) is 3.38.